The molecule has 0 atom stereocenters. The maximum atomic E-state index is 12.1. The zero-order valence-corrected chi connectivity index (χ0v) is 12.5. The maximum Gasteiger partial charge on any atom is 0.257 e. The van der Waals surface area contributed by atoms with Gasteiger partial charge in [0.15, 0.2) is 0 Å². The Morgan fingerprint density at radius 3 is 2.55 bits per heavy atom. The molecule has 0 aromatic heterocycles. The summed E-state index contributed by atoms with van der Waals surface area (Å²) in [4.78, 5) is 12.4. The Bertz CT molecular complexity index is 689. The van der Waals surface area contributed by atoms with Gasteiger partial charge in [-0.2, -0.15) is 0 Å². The van der Waals surface area contributed by atoms with Gasteiger partial charge < -0.3 is 11.1 Å². The van der Waals surface area contributed by atoms with Crippen LogP contribution < -0.4 is 11.1 Å². The largest absolute Gasteiger partial charge is 0.389 e. The molecule has 20 heavy (non-hydrogen) atoms. The number of hydrogen-bond acceptors (Lipinski definition) is 2. The minimum absolute atomic E-state index is 0.220. The molecule has 0 heterocycles. The van der Waals surface area contributed by atoms with E-state index in [9.17, 15) is 4.79 Å². The van der Waals surface area contributed by atoms with Crippen LogP contribution in [0.1, 0.15) is 15.9 Å². The molecular weight excluding hydrogens is 315 g/mol. The van der Waals surface area contributed by atoms with Crippen LogP contribution in [0.25, 0.3) is 0 Å². The number of carbonyl (C=O) groups is 1. The first-order valence-electron chi connectivity index (χ1n) is 5.64. The topological polar surface area (TPSA) is 55.1 Å². The molecule has 3 N–H and O–H groups in total. The summed E-state index contributed by atoms with van der Waals surface area (Å²) in [5.41, 5.74) is 7.11. The highest BCUT2D eigenvalue weighted by Crippen LogP contribution is 2.26. The normalized spacial score (nSPS) is 10.1. The fourth-order valence-corrected chi connectivity index (χ4v) is 2.14. The highest BCUT2D eigenvalue weighted by molar-refractivity contribution is 7.80. The highest BCUT2D eigenvalue weighted by Gasteiger charge is 2.13. The van der Waals surface area contributed by atoms with Gasteiger partial charge in [-0.15, -0.1) is 0 Å². The van der Waals surface area contributed by atoms with Crippen LogP contribution in [0.15, 0.2) is 42.5 Å². The molecule has 0 saturated carbocycles. The third-order valence-electron chi connectivity index (χ3n) is 2.60. The lowest BCUT2D eigenvalue weighted by Gasteiger charge is -2.08. The highest BCUT2D eigenvalue weighted by atomic mass is 35.5. The smallest absolute Gasteiger partial charge is 0.257 e. The number of benzene rings is 2. The zero-order valence-electron chi connectivity index (χ0n) is 10.2. The molecule has 1 amide bonds. The molecule has 0 fully saturated rings. The molecule has 3 nitrogen and oxygen atoms in total. The fourth-order valence-electron chi connectivity index (χ4n) is 1.63. The second kappa shape index (κ2) is 6.22. The molecule has 0 aliphatic carbocycles. The quantitative estimate of drug-likeness (QED) is 0.842. The summed E-state index contributed by atoms with van der Waals surface area (Å²) in [6.07, 6.45) is 0. The minimum atomic E-state index is -0.349. The van der Waals surface area contributed by atoms with E-state index >= 15 is 0 Å². The van der Waals surface area contributed by atoms with E-state index in [1.54, 1.807) is 42.5 Å². The molecule has 0 aliphatic rings. The molecule has 0 unspecified atom stereocenters. The molecule has 0 bridgehead atoms. The van der Waals surface area contributed by atoms with Gasteiger partial charge in [0.1, 0.15) is 4.99 Å². The minimum Gasteiger partial charge on any atom is -0.389 e. The summed E-state index contributed by atoms with van der Waals surface area (Å²) in [5.74, 6) is -0.349. The molecule has 6 heteroatoms. The number of amides is 1. The molecule has 0 radical (unpaired) electrons. The molecule has 2 aromatic carbocycles. The number of carbonyl (C=O) groups excluding carboxylic acids is 1. The van der Waals surface area contributed by atoms with Crippen molar-refractivity contribution in [2.24, 2.45) is 5.73 Å². The van der Waals surface area contributed by atoms with Gasteiger partial charge in [0.05, 0.1) is 15.6 Å². The number of halogens is 2. The van der Waals surface area contributed by atoms with Crippen LogP contribution in [0.2, 0.25) is 10.0 Å². The van der Waals surface area contributed by atoms with E-state index in [1.165, 1.54) is 0 Å². The van der Waals surface area contributed by atoms with Gasteiger partial charge >= 0.3 is 0 Å². The average Bonchev–Trinajstić information content (AvgIpc) is 2.42. The number of nitrogens with two attached hydrogens (primary N) is 1. The van der Waals surface area contributed by atoms with Crippen molar-refractivity contribution in [1.29, 1.82) is 0 Å². The molecular formula is C14H10Cl2N2OS. The fraction of sp³-hybridized carbons (Fsp3) is 0. The third-order valence-corrected chi connectivity index (χ3v) is 3.66. The molecule has 102 valence electrons. The van der Waals surface area contributed by atoms with Crippen LogP contribution in [0, 0.1) is 0 Å². The lowest BCUT2D eigenvalue weighted by Crippen LogP contribution is -2.14. The first-order valence-corrected chi connectivity index (χ1v) is 6.80. The standard InChI is InChI=1S/C14H10Cl2N2OS/c15-11-6-2-5-10(12(11)16)14(19)18-9-4-1-3-8(7-9)13(17)20/h1-7H,(H2,17,20)(H,18,19). The van der Waals surface area contributed by atoms with Crippen LogP contribution in [-0.2, 0) is 0 Å². The Morgan fingerprint density at radius 2 is 1.85 bits per heavy atom. The van der Waals surface area contributed by atoms with Gasteiger partial charge in [-0.05, 0) is 24.3 Å². The SMILES string of the molecule is NC(=S)c1cccc(NC(=O)c2cccc(Cl)c2Cl)c1. The van der Waals surface area contributed by atoms with Gasteiger partial charge in [0, 0.05) is 11.3 Å². The van der Waals surface area contributed by atoms with E-state index in [4.69, 9.17) is 41.2 Å². The van der Waals surface area contributed by atoms with E-state index in [0.29, 0.717) is 21.8 Å². The Kier molecular flexibility index (Phi) is 4.60. The van der Waals surface area contributed by atoms with E-state index in [1.807, 2.05) is 0 Å². The Hall–Kier alpha value is -1.62. The summed E-state index contributed by atoms with van der Waals surface area (Å²) >= 11 is 16.8. The number of hydrogen-bond donors (Lipinski definition) is 2. The van der Waals surface area contributed by atoms with Gasteiger partial charge in [-0.25, -0.2) is 0 Å². The predicted molar refractivity (Wildman–Crippen MR) is 86.7 cm³/mol. The van der Waals surface area contributed by atoms with Crippen LogP contribution in [0.5, 0.6) is 0 Å². The van der Waals surface area contributed by atoms with Gasteiger partial charge in [-0.1, -0.05) is 53.6 Å². The molecule has 0 saturated heterocycles. The zero-order chi connectivity index (χ0) is 14.7. The number of nitrogens with one attached hydrogen (secondary N) is 1. The van der Waals surface area contributed by atoms with Crippen LogP contribution in [0.4, 0.5) is 5.69 Å². The van der Waals surface area contributed by atoms with Crippen molar-refractivity contribution in [2.45, 2.75) is 0 Å². The van der Waals surface area contributed by atoms with E-state index in [0.717, 1.165) is 0 Å². The van der Waals surface area contributed by atoms with Crippen molar-refractivity contribution in [2.75, 3.05) is 5.32 Å². The third kappa shape index (κ3) is 3.28. The predicted octanol–water partition coefficient (Wildman–Crippen LogP) is 3.88. The summed E-state index contributed by atoms with van der Waals surface area (Å²) < 4.78 is 0. The number of anilines is 1. The molecule has 2 aromatic rings. The lowest BCUT2D eigenvalue weighted by molar-refractivity contribution is 0.102. The average molecular weight is 325 g/mol. The monoisotopic (exact) mass is 324 g/mol. The van der Waals surface area contributed by atoms with Crippen molar-refractivity contribution < 1.29 is 4.79 Å². The van der Waals surface area contributed by atoms with E-state index in [-0.39, 0.29) is 15.9 Å². The summed E-state index contributed by atoms with van der Waals surface area (Å²) in [6, 6.07) is 11.8. The Morgan fingerprint density at radius 1 is 1.15 bits per heavy atom. The van der Waals surface area contributed by atoms with Gasteiger partial charge in [0.25, 0.3) is 5.91 Å². The molecule has 0 spiro atoms. The Balaban J connectivity index is 2.26. The molecule has 0 aliphatic heterocycles. The van der Waals surface area contributed by atoms with E-state index < -0.39 is 0 Å². The maximum absolute atomic E-state index is 12.1. The van der Waals surface area contributed by atoms with Crippen molar-refractivity contribution in [3.63, 3.8) is 0 Å². The van der Waals surface area contributed by atoms with Gasteiger partial charge in [0.2, 0.25) is 0 Å². The number of rotatable bonds is 3. The van der Waals surface area contributed by atoms with Crippen molar-refractivity contribution >= 4 is 52.0 Å². The summed E-state index contributed by atoms with van der Waals surface area (Å²) in [6.45, 7) is 0. The van der Waals surface area contributed by atoms with Crippen molar-refractivity contribution in [3.05, 3.63) is 63.6 Å². The van der Waals surface area contributed by atoms with Crippen LogP contribution >= 0.6 is 35.4 Å². The second-order valence-corrected chi connectivity index (χ2v) is 5.23. The first-order chi connectivity index (χ1) is 9.49. The van der Waals surface area contributed by atoms with E-state index in [2.05, 4.69) is 5.32 Å². The Labute approximate surface area is 131 Å². The first kappa shape index (κ1) is 14.8. The van der Waals surface area contributed by atoms with Crippen molar-refractivity contribution in [3.8, 4) is 0 Å². The second-order valence-electron chi connectivity index (χ2n) is 4.00. The summed E-state index contributed by atoms with van der Waals surface area (Å²) in [5, 5.41) is 3.27. The number of thiocarbonyl (C=S) groups is 1. The van der Waals surface area contributed by atoms with Gasteiger partial charge in [-0.3, -0.25) is 4.79 Å². The van der Waals surface area contributed by atoms with Crippen molar-refractivity contribution in [1.82, 2.24) is 0 Å². The van der Waals surface area contributed by atoms with Crippen LogP contribution in [-0.4, -0.2) is 10.9 Å². The van der Waals surface area contributed by atoms with Crippen LogP contribution in [0.3, 0.4) is 0 Å². The molecule has 2 rings (SSSR count). The summed E-state index contributed by atoms with van der Waals surface area (Å²) in [7, 11) is 0. The lowest BCUT2D eigenvalue weighted by atomic mass is 10.1.